The number of aryl methyl sites for hydroxylation is 1. The fourth-order valence-corrected chi connectivity index (χ4v) is 5.72. The highest BCUT2D eigenvalue weighted by atomic mass is 15.0. The van der Waals surface area contributed by atoms with Crippen LogP contribution in [0.4, 0.5) is 0 Å². The Bertz CT molecular complexity index is 1460. The predicted molar refractivity (Wildman–Crippen MR) is 119 cm³/mol. The molecule has 7 rings (SSSR count). The highest BCUT2D eigenvalue weighted by Gasteiger charge is 2.38. The van der Waals surface area contributed by atoms with Gasteiger partial charge in [0.2, 0.25) is 6.71 Å². The smallest absolute Gasteiger partial charge is 0.247 e. The lowest BCUT2D eigenvalue weighted by molar-refractivity contribution is 1.16. The standard InChI is InChI=1S/C26H18BN/c1-16-7-6-12-23-24(16)19-14-13-18-15-17-8-2-3-9-20(17)27-21-10-4-5-11-22(21)28(23)26(19)25(18)27/h2-14H,15H2,1H3. The van der Waals surface area contributed by atoms with Crippen molar-refractivity contribution in [1.82, 2.24) is 4.57 Å². The van der Waals surface area contributed by atoms with Crippen molar-refractivity contribution in [2.24, 2.45) is 0 Å². The average Bonchev–Trinajstić information content (AvgIpc) is 3.09. The van der Waals surface area contributed by atoms with Gasteiger partial charge in [0, 0.05) is 22.0 Å². The zero-order chi connectivity index (χ0) is 18.4. The SMILES string of the molecule is Cc1cccc2c1c1ccc3c4c1n2-c1ccccc1B4c1ccccc1C3. The second-order valence-corrected chi connectivity index (χ2v) is 8.21. The van der Waals surface area contributed by atoms with E-state index in [2.05, 4.69) is 90.4 Å². The van der Waals surface area contributed by atoms with Crippen molar-refractivity contribution in [3.8, 4) is 5.69 Å². The third-order valence-electron chi connectivity index (χ3n) is 6.82. The predicted octanol–water partition coefficient (Wildman–Crippen LogP) is 3.83. The Labute approximate surface area is 164 Å². The summed E-state index contributed by atoms with van der Waals surface area (Å²) in [6, 6.07) is 29.5. The number of nitrogens with zero attached hydrogens (tertiary/aromatic N) is 1. The van der Waals surface area contributed by atoms with Crippen LogP contribution in [0, 0.1) is 6.92 Å². The molecule has 0 saturated heterocycles. The Balaban J connectivity index is 1.77. The molecule has 0 N–H and O–H groups in total. The van der Waals surface area contributed by atoms with E-state index in [0.29, 0.717) is 6.71 Å². The molecule has 0 spiro atoms. The number of benzene rings is 4. The molecule has 0 fully saturated rings. The van der Waals surface area contributed by atoms with Crippen molar-refractivity contribution < 1.29 is 0 Å². The van der Waals surface area contributed by atoms with Crippen molar-refractivity contribution in [3.63, 3.8) is 0 Å². The van der Waals surface area contributed by atoms with Gasteiger partial charge in [-0.2, -0.15) is 0 Å². The number of fused-ring (bicyclic) bond motifs is 8. The molecule has 0 amide bonds. The molecule has 0 aliphatic carbocycles. The zero-order valence-corrected chi connectivity index (χ0v) is 15.7. The van der Waals surface area contributed by atoms with Crippen LogP contribution >= 0.6 is 0 Å². The molecule has 2 aliphatic heterocycles. The molecular formula is C26H18BN. The van der Waals surface area contributed by atoms with Gasteiger partial charge in [-0.05, 0) is 53.1 Å². The van der Waals surface area contributed by atoms with Crippen molar-refractivity contribution in [2.75, 3.05) is 0 Å². The molecule has 28 heavy (non-hydrogen) atoms. The minimum atomic E-state index is 0.331. The Kier molecular flexibility index (Phi) is 2.62. The van der Waals surface area contributed by atoms with Gasteiger partial charge in [0.1, 0.15) is 0 Å². The first-order valence-electron chi connectivity index (χ1n) is 10.1. The van der Waals surface area contributed by atoms with Crippen LogP contribution in [0.15, 0.2) is 78.9 Å². The third kappa shape index (κ3) is 1.61. The molecule has 2 heteroatoms. The van der Waals surface area contributed by atoms with Gasteiger partial charge < -0.3 is 4.57 Å². The van der Waals surface area contributed by atoms with Crippen LogP contribution < -0.4 is 16.4 Å². The van der Waals surface area contributed by atoms with Crippen molar-refractivity contribution in [1.29, 1.82) is 0 Å². The van der Waals surface area contributed by atoms with E-state index in [1.807, 2.05) is 0 Å². The van der Waals surface area contributed by atoms with Crippen molar-refractivity contribution in [3.05, 3.63) is 95.6 Å². The molecule has 2 aliphatic rings. The largest absolute Gasteiger partial charge is 0.310 e. The summed E-state index contributed by atoms with van der Waals surface area (Å²) in [6.07, 6.45) is 1.03. The van der Waals surface area contributed by atoms with Gasteiger partial charge in [-0.25, -0.2) is 0 Å². The van der Waals surface area contributed by atoms with Crippen LogP contribution in [-0.4, -0.2) is 11.3 Å². The van der Waals surface area contributed by atoms with Crippen LogP contribution in [0.1, 0.15) is 16.7 Å². The summed E-state index contributed by atoms with van der Waals surface area (Å²) in [5.41, 5.74) is 12.8. The van der Waals surface area contributed by atoms with Gasteiger partial charge in [0.15, 0.2) is 0 Å². The van der Waals surface area contributed by atoms with E-state index in [1.165, 1.54) is 60.6 Å². The highest BCUT2D eigenvalue weighted by molar-refractivity contribution is 6.98. The Morgan fingerprint density at radius 2 is 1.57 bits per heavy atom. The molecular weight excluding hydrogens is 337 g/mol. The van der Waals surface area contributed by atoms with Crippen molar-refractivity contribution in [2.45, 2.75) is 13.3 Å². The van der Waals surface area contributed by atoms with E-state index in [1.54, 1.807) is 0 Å². The van der Waals surface area contributed by atoms with Gasteiger partial charge in [-0.1, -0.05) is 72.2 Å². The summed E-state index contributed by atoms with van der Waals surface area (Å²) in [6.45, 7) is 2.57. The van der Waals surface area contributed by atoms with E-state index in [-0.39, 0.29) is 0 Å². The summed E-state index contributed by atoms with van der Waals surface area (Å²) in [4.78, 5) is 0. The molecule has 0 unspecified atom stereocenters. The second-order valence-electron chi connectivity index (χ2n) is 8.21. The monoisotopic (exact) mass is 355 g/mol. The molecule has 5 aromatic rings. The minimum Gasteiger partial charge on any atom is -0.310 e. The molecule has 3 heterocycles. The minimum absolute atomic E-state index is 0.331. The Morgan fingerprint density at radius 3 is 2.50 bits per heavy atom. The Morgan fingerprint density at radius 1 is 0.750 bits per heavy atom. The first kappa shape index (κ1) is 14.8. The Hall–Kier alpha value is -3.26. The van der Waals surface area contributed by atoms with Crippen LogP contribution in [0.2, 0.25) is 0 Å². The lowest BCUT2D eigenvalue weighted by atomic mass is 9.32. The first-order chi connectivity index (χ1) is 13.8. The van der Waals surface area contributed by atoms with Crippen molar-refractivity contribution >= 4 is 44.9 Å². The summed E-state index contributed by atoms with van der Waals surface area (Å²) in [5.74, 6) is 0. The van der Waals surface area contributed by atoms with E-state index in [9.17, 15) is 0 Å². The number of aromatic nitrogens is 1. The number of para-hydroxylation sites is 1. The number of hydrogen-bond acceptors (Lipinski definition) is 0. The molecule has 0 atom stereocenters. The van der Waals surface area contributed by atoms with Gasteiger partial charge in [-0.3, -0.25) is 0 Å². The first-order valence-corrected chi connectivity index (χ1v) is 10.1. The van der Waals surface area contributed by atoms with Crippen LogP contribution in [0.3, 0.4) is 0 Å². The van der Waals surface area contributed by atoms with E-state index in [0.717, 1.165) is 6.42 Å². The van der Waals surface area contributed by atoms with E-state index >= 15 is 0 Å². The topological polar surface area (TPSA) is 4.93 Å². The quantitative estimate of drug-likeness (QED) is 0.365. The number of hydrogen-bond donors (Lipinski definition) is 0. The maximum absolute atomic E-state index is 2.52. The molecule has 0 bridgehead atoms. The zero-order valence-electron chi connectivity index (χ0n) is 15.7. The highest BCUT2D eigenvalue weighted by Crippen LogP contribution is 2.36. The maximum atomic E-state index is 2.52. The van der Waals surface area contributed by atoms with Crippen LogP contribution in [-0.2, 0) is 6.42 Å². The number of rotatable bonds is 0. The van der Waals surface area contributed by atoms with Crippen LogP contribution in [0.25, 0.3) is 27.5 Å². The molecule has 4 aromatic carbocycles. The van der Waals surface area contributed by atoms with Gasteiger partial charge in [-0.15, -0.1) is 0 Å². The summed E-state index contributed by atoms with van der Waals surface area (Å²) in [7, 11) is 0. The van der Waals surface area contributed by atoms with Gasteiger partial charge >= 0.3 is 0 Å². The third-order valence-corrected chi connectivity index (χ3v) is 6.82. The fraction of sp³-hybridized carbons (Fsp3) is 0.0769. The maximum Gasteiger partial charge on any atom is 0.247 e. The normalized spacial score (nSPS) is 13.7. The lowest BCUT2D eigenvalue weighted by Gasteiger charge is -2.33. The lowest BCUT2D eigenvalue weighted by Crippen LogP contribution is -2.60. The average molecular weight is 355 g/mol. The van der Waals surface area contributed by atoms with E-state index < -0.39 is 0 Å². The molecule has 130 valence electrons. The molecule has 1 nitrogen and oxygen atoms in total. The molecule has 1 aromatic heterocycles. The second kappa shape index (κ2) is 4.96. The molecule has 0 radical (unpaired) electrons. The summed E-state index contributed by atoms with van der Waals surface area (Å²) < 4.78 is 2.52. The summed E-state index contributed by atoms with van der Waals surface area (Å²) >= 11 is 0. The fourth-order valence-electron chi connectivity index (χ4n) is 5.72. The summed E-state index contributed by atoms with van der Waals surface area (Å²) in [5, 5.41) is 2.79. The van der Waals surface area contributed by atoms with Gasteiger partial charge in [0.25, 0.3) is 0 Å². The van der Waals surface area contributed by atoms with E-state index in [4.69, 9.17) is 0 Å². The molecule has 0 saturated carbocycles. The van der Waals surface area contributed by atoms with Gasteiger partial charge in [0.05, 0.1) is 5.52 Å². The van der Waals surface area contributed by atoms with Crippen LogP contribution in [0.5, 0.6) is 0 Å².